The fourth-order valence-electron chi connectivity index (χ4n) is 3.24. The van der Waals surface area contributed by atoms with Crippen LogP contribution in [0.5, 0.6) is 0 Å². The maximum Gasteiger partial charge on any atom is 0.281 e. The van der Waals surface area contributed by atoms with Gasteiger partial charge in [-0.25, -0.2) is 8.42 Å². The van der Waals surface area contributed by atoms with Crippen LogP contribution in [-0.4, -0.2) is 28.6 Å². The van der Waals surface area contributed by atoms with Gasteiger partial charge in [0.2, 0.25) is 5.52 Å². The molecule has 0 aliphatic rings. The largest absolute Gasteiger partial charge is 0.748 e. The minimum Gasteiger partial charge on any atom is -0.748 e. The van der Waals surface area contributed by atoms with E-state index in [4.69, 9.17) is 11.6 Å². The van der Waals surface area contributed by atoms with Crippen molar-refractivity contribution >= 4 is 44.0 Å². The molecule has 33 heavy (non-hydrogen) atoms. The van der Waals surface area contributed by atoms with Crippen molar-refractivity contribution in [3.05, 3.63) is 85.0 Å². The number of nitrogens with zero attached hydrogens (tertiary/aromatic N) is 3. The molecule has 0 atom stereocenters. The van der Waals surface area contributed by atoms with Crippen LogP contribution in [0.2, 0.25) is 5.02 Å². The SMILES string of the molecule is CCC[n+]1ccc(Cc2c([N+](=O)[O-])cc(Cl)cc2[N+](=O)[O-])c2ccccc21.CCS(=O)(=O)[O-]. The number of pyridine rings is 1. The van der Waals surface area contributed by atoms with E-state index in [2.05, 4.69) is 11.5 Å². The highest BCUT2D eigenvalue weighted by Crippen LogP contribution is 2.35. The van der Waals surface area contributed by atoms with Crippen molar-refractivity contribution in [3.8, 4) is 0 Å². The van der Waals surface area contributed by atoms with Crippen LogP contribution < -0.4 is 4.57 Å². The maximum absolute atomic E-state index is 11.5. The van der Waals surface area contributed by atoms with Crippen molar-refractivity contribution in [2.24, 2.45) is 0 Å². The van der Waals surface area contributed by atoms with Crippen LogP contribution in [0.15, 0.2) is 48.7 Å². The van der Waals surface area contributed by atoms with Crippen molar-refractivity contribution in [2.75, 3.05) is 5.75 Å². The number of aryl methyl sites for hydroxylation is 1. The normalized spacial score (nSPS) is 11.0. The molecule has 0 aliphatic carbocycles. The van der Waals surface area contributed by atoms with Gasteiger partial charge in [-0.05, 0) is 11.6 Å². The fraction of sp³-hybridized carbons (Fsp3) is 0.286. The molecule has 0 radical (unpaired) electrons. The van der Waals surface area contributed by atoms with Crippen LogP contribution >= 0.6 is 11.6 Å². The van der Waals surface area contributed by atoms with Gasteiger partial charge in [0.25, 0.3) is 11.4 Å². The number of hydrogen-bond acceptors (Lipinski definition) is 7. The molecule has 0 bridgehead atoms. The second kappa shape index (κ2) is 11.1. The average Bonchev–Trinajstić information content (AvgIpc) is 2.76. The van der Waals surface area contributed by atoms with Gasteiger partial charge in [-0.2, -0.15) is 4.57 Å². The Bertz CT molecular complexity index is 1260. The standard InChI is InChI=1S/C19H17ClN3O4.C2H6O3S/c1-2-8-21-9-7-13(15-5-3-4-6-17(15)21)10-16-18(22(24)25)11-14(20)12-19(16)23(26)27;1-2-6(3,4)5/h3-7,9,11-12H,2,8,10H2,1H3;2H2,1H3,(H,3,4,5)/q+1;/p-1. The number of halogens is 1. The highest BCUT2D eigenvalue weighted by Gasteiger charge is 2.27. The van der Waals surface area contributed by atoms with Crippen LogP contribution in [0.3, 0.4) is 0 Å². The Balaban J connectivity index is 0.000000569. The molecule has 10 nitrogen and oxygen atoms in total. The maximum atomic E-state index is 11.5. The first kappa shape index (κ1) is 26.1. The smallest absolute Gasteiger partial charge is 0.281 e. The van der Waals surface area contributed by atoms with E-state index in [1.165, 1.54) is 6.92 Å². The van der Waals surface area contributed by atoms with Crippen LogP contribution in [0.1, 0.15) is 31.4 Å². The van der Waals surface area contributed by atoms with E-state index < -0.39 is 20.0 Å². The van der Waals surface area contributed by atoms with E-state index in [9.17, 15) is 33.2 Å². The Morgan fingerprint density at radius 1 is 1.00 bits per heavy atom. The summed E-state index contributed by atoms with van der Waals surface area (Å²) >= 11 is 5.85. The van der Waals surface area contributed by atoms with E-state index in [0.29, 0.717) is 0 Å². The molecule has 12 heteroatoms. The summed E-state index contributed by atoms with van der Waals surface area (Å²) in [6, 6.07) is 11.9. The molecule has 0 N–H and O–H groups in total. The van der Waals surface area contributed by atoms with E-state index in [1.807, 2.05) is 36.5 Å². The van der Waals surface area contributed by atoms with Crippen molar-refractivity contribution in [3.63, 3.8) is 0 Å². The molecular formula is C21H22ClN3O7S. The van der Waals surface area contributed by atoms with Crippen molar-refractivity contribution in [1.82, 2.24) is 0 Å². The number of fused-ring (bicyclic) bond motifs is 1. The molecular weight excluding hydrogens is 474 g/mol. The van der Waals surface area contributed by atoms with Crippen molar-refractivity contribution < 1.29 is 27.4 Å². The quantitative estimate of drug-likeness (QED) is 0.207. The highest BCUT2D eigenvalue weighted by molar-refractivity contribution is 7.85. The molecule has 3 aromatic rings. The third-order valence-electron chi connectivity index (χ3n) is 4.76. The van der Waals surface area contributed by atoms with E-state index in [1.54, 1.807) is 0 Å². The number of nitro benzene ring substituents is 2. The molecule has 0 saturated heterocycles. The first-order valence-corrected chi connectivity index (χ1v) is 11.9. The Hall–Kier alpha value is -3.15. The predicted molar refractivity (Wildman–Crippen MR) is 122 cm³/mol. The third-order valence-corrected chi connectivity index (χ3v) is 5.69. The number of aromatic nitrogens is 1. The molecule has 0 saturated carbocycles. The summed E-state index contributed by atoms with van der Waals surface area (Å²) in [5, 5.41) is 23.8. The molecule has 0 fully saturated rings. The lowest BCUT2D eigenvalue weighted by Crippen LogP contribution is -2.34. The summed E-state index contributed by atoms with van der Waals surface area (Å²) in [5.41, 5.74) is 1.13. The second-order valence-corrected chi connectivity index (χ2v) is 9.14. The second-order valence-electron chi connectivity index (χ2n) is 7.01. The van der Waals surface area contributed by atoms with Crippen LogP contribution in [0.25, 0.3) is 10.9 Å². The molecule has 0 unspecified atom stereocenters. The van der Waals surface area contributed by atoms with Crippen LogP contribution in [0, 0.1) is 20.2 Å². The topological polar surface area (TPSA) is 147 Å². The van der Waals surface area contributed by atoms with Gasteiger partial charge in [-0.3, -0.25) is 20.2 Å². The van der Waals surface area contributed by atoms with Gasteiger partial charge >= 0.3 is 0 Å². The summed E-state index contributed by atoms with van der Waals surface area (Å²) in [6.45, 7) is 4.22. The predicted octanol–water partition coefficient (Wildman–Crippen LogP) is 4.15. The third kappa shape index (κ3) is 6.91. The lowest BCUT2D eigenvalue weighted by molar-refractivity contribution is -0.671. The Morgan fingerprint density at radius 2 is 1.55 bits per heavy atom. The molecule has 0 spiro atoms. The molecule has 3 rings (SSSR count). The fourth-order valence-corrected chi connectivity index (χ4v) is 3.45. The number of para-hydroxylation sites is 1. The van der Waals surface area contributed by atoms with E-state index in [-0.39, 0.29) is 34.1 Å². The number of rotatable bonds is 7. The van der Waals surface area contributed by atoms with Crippen molar-refractivity contribution in [2.45, 2.75) is 33.2 Å². The number of nitro groups is 2. The Kier molecular flexibility index (Phi) is 8.80. The summed E-state index contributed by atoms with van der Waals surface area (Å²) < 4.78 is 30.4. The van der Waals surface area contributed by atoms with Gasteiger partial charge in [0.1, 0.15) is 12.1 Å². The highest BCUT2D eigenvalue weighted by atomic mass is 35.5. The minimum absolute atomic E-state index is 0.0316. The van der Waals surface area contributed by atoms with Gasteiger partial charge in [0, 0.05) is 48.2 Å². The average molecular weight is 496 g/mol. The first-order valence-electron chi connectivity index (χ1n) is 9.93. The summed E-state index contributed by atoms with van der Waals surface area (Å²) in [5.74, 6) is -0.312. The lowest BCUT2D eigenvalue weighted by Gasteiger charge is -2.08. The van der Waals surface area contributed by atoms with Crippen LogP contribution in [0.4, 0.5) is 11.4 Å². The van der Waals surface area contributed by atoms with Crippen LogP contribution in [-0.2, 0) is 23.1 Å². The molecule has 1 heterocycles. The Morgan fingerprint density at radius 3 is 2.03 bits per heavy atom. The zero-order chi connectivity index (χ0) is 24.8. The van der Waals surface area contributed by atoms with Gasteiger partial charge in [0.05, 0.1) is 25.0 Å². The Labute approximate surface area is 195 Å². The lowest BCUT2D eigenvalue weighted by atomic mass is 9.98. The molecule has 0 aliphatic heterocycles. The molecule has 0 amide bonds. The first-order chi connectivity index (χ1) is 15.5. The number of hydrogen-bond donors (Lipinski definition) is 0. The van der Waals surface area contributed by atoms with Gasteiger partial charge in [0.15, 0.2) is 6.20 Å². The summed E-state index contributed by atoms with van der Waals surface area (Å²) in [6.07, 6.45) is 2.94. The monoisotopic (exact) mass is 495 g/mol. The minimum atomic E-state index is -3.91. The molecule has 2 aromatic carbocycles. The van der Waals surface area contributed by atoms with Gasteiger partial charge in [-0.15, -0.1) is 0 Å². The van der Waals surface area contributed by atoms with Crippen molar-refractivity contribution in [1.29, 1.82) is 0 Å². The van der Waals surface area contributed by atoms with Gasteiger partial charge < -0.3 is 4.55 Å². The summed E-state index contributed by atoms with van der Waals surface area (Å²) in [4.78, 5) is 21.7. The number of benzene rings is 2. The zero-order valence-corrected chi connectivity index (χ0v) is 19.5. The molecule has 1 aromatic heterocycles. The zero-order valence-electron chi connectivity index (χ0n) is 17.9. The molecule has 176 valence electrons. The van der Waals surface area contributed by atoms with Gasteiger partial charge in [-0.1, -0.05) is 37.6 Å². The summed E-state index contributed by atoms with van der Waals surface area (Å²) in [7, 11) is -3.91. The van der Waals surface area contributed by atoms with E-state index in [0.717, 1.165) is 41.6 Å². The van der Waals surface area contributed by atoms with E-state index >= 15 is 0 Å².